The Morgan fingerprint density at radius 1 is 1.33 bits per heavy atom. The summed E-state index contributed by atoms with van der Waals surface area (Å²) in [6, 6.07) is 7.59. The molecule has 1 heterocycles. The highest BCUT2D eigenvalue weighted by Gasteiger charge is 2.19. The van der Waals surface area contributed by atoms with Crippen LogP contribution in [-0.4, -0.2) is 27.9 Å². The van der Waals surface area contributed by atoms with Crippen LogP contribution in [0.2, 0.25) is 0 Å². The van der Waals surface area contributed by atoms with Crippen molar-refractivity contribution in [3.05, 3.63) is 48.5 Å². The van der Waals surface area contributed by atoms with Crippen molar-refractivity contribution in [1.82, 2.24) is 9.88 Å². The van der Waals surface area contributed by atoms with Crippen LogP contribution in [0.15, 0.2) is 42.7 Å². The molecule has 5 nitrogen and oxygen atoms in total. The minimum atomic E-state index is -0.779. The number of aliphatic hydroxyl groups is 1. The van der Waals surface area contributed by atoms with Crippen LogP contribution in [0.5, 0.6) is 0 Å². The first kappa shape index (κ1) is 15.1. The van der Waals surface area contributed by atoms with Crippen molar-refractivity contribution < 1.29 is 14.3 Å². The van der Waals surface area contributed by atoms with E-state index in [9.17, 15) is 9.18 Å². The quantitative estimate of drug-likeness (QED) is 0.810. The number of hydrogen-bond acceptors (Lipinski definition) is 2. The van der Waals surface area contributed by atoms with Crippen LogP contribution in [0, 0.1) is 5.82 Å². The summed E-state index contributed by atoms with van der Waals surface area (Å²) in [7, 11) is 0. The maximum Gasteiger partial charge on any atom is 0.319 e. The summed E-state index contributed by atoms with van der Waals surface area (Å²) in [5.74, 6) is -0.525. The Hall–Kier alpha value is -2.34. The Bertz CT molecular complexity index is 624. The molecule has 0 saturated heterocycles. The standard InChI is InChI=1S/C15H18FN3O2/c1-15(2,10-20)18-14(21)17-13-9-11(5-6-12(13)16)19-7-3-4-8-19/h3-9,20H,10H2,1-2H3,(H2,17,18,21). The Labute approximate surface area is 122 Å². The van der Waals surface area contributed by atoms with Crippen molar-refractivity contribution in [3.63, 3.8) is 0 Å². The molecular weight excluding hydrogens is 273 g/mol. The highest BCUT2D eigenvalue weighted by atomic mass is 19.1. The molecule has 0 aliphatic heterocycles. The van der Waals surface area contributed by atoms with E-state index in [1.165, 1.54) is 6.07 Å². The largest absolute Gasteiger partial charge is 0.394 e. The summed E-state index contributed by atoms with van der Waals surface area (Å²) in [5.41, 5.74) is 0.0315. The number of aliphatic hydroxyl groups excluding tert-OH is 1. The molecule has 2 rings (SSSR count). The number of urea groups is 1. The number of aromatic nitrogens is 1. The number of rotatable bonds is 4. The molecule has 2 aromatic rings. The summed E-state index contributed by atoms with van der Waals surface area (Å²) >= 11 is 0. The fourth-order valence-corrected chi connectivity index (χ4v) is 1.78. The molecule has 112 valence electrons. The lowest BCUT2D eigenvalue weighted by molar-refractivity contribution is 0.187. The second-order valence-corrected chi connectivity index (χ2v) is 5.38. The zero-order valence-electron chi connectivity index (χ0n) is 11.9. The average molecular weight is 291 g/mol. The second-order valence-electron chi connectivity index (χ2n) is 5.38. The molecule has 6 heteroatoms. The van der Waals surface area contributed by atoms with Gasteiger partial charge in [-0.25, -0.2) is 9.18 Å². The third-order valence-electron chi connectivity index (χ3n) is 2.95. The van der Waals surface area contributed by atoms with Gasteiger partial charge in [0.2, 0.25) is 0 Å². The Balaban J connectivity index is 2.16. The zero-order chi connectivity index (χ0) is 15.5. The molecule has 0 unspecified atom stereocenters. The highest BCUT2D eigenvalue weighted by Crippen LogP contribution is 2.19. The van der Waals surface area contributed by atoms with Crippen LogP contribution >= 0.6 is 0 Å². The molecule has 0 aliphatic carbocycles. The van der Waals surface area contributed by atoms with Crippen molar-refractivity contribution in [2.24, 2.45) is 0 Å². The van der Waals surface area contributed by atoms with E-state index in [2.05, 4.69) is 10.6 Å². The normalized spacial score (nSPS) is 11.2. The molecule has 1 aromatic heterocycles. The van der Waals surface area contributed by atoms with E-state index in [0.717, 1.165) is 5.69 Å². The first-order chi connectivity index (χ1) is 9.91. The number of hydrogen-bond donors (Lipinski definition) is 3. The number of nitrogens with one attached hydrogen (secondary N) is 2. The van der Waals surface area contributed by atoms with Gasteiger partial charge in [-0.05, 0) is 44.2 Å². The van der Waals surface area contributed by atoms with Crippen LogP contribution in [-0.2, 0) is 0 Å². The zero-order valence-corrected chi connectivity index (χ0v) is 11.9. The predicted octanol–water partition coefficient (Wildman–Crippen LogP) is 2.51. The Kier molecular flexibility index (Phi) is 4.28. The molecule has 0 aliphatic rings. The van der Waals surface area contributed by atoms with Gasteiger partial charge in [-0.15, -0.1) is 0 Å². The lowest BCUT2D eigenvalue weighted by atomic mass is 10.1. The van der Waals surface area contributed by atoms with Gasteiger partial charge in [-0.3, -0.25) is 0 Å². The van der Waals surface area contributed by atoms with Crippen molar-refractivity contribution in [3.8, 4) is 5.69 Å². The lowest BCUT2D eigenvalue weighted by Crippen LogP contribution is -2.48. The topological polar surface area (TPSA) is 66.3 Å². The van der Waals surface area contributed by atoms with Crippen LogP contribution < -0.4 is 10.6 Å². The minimum Gasteiger partial charge on any atom is -0.394 e. The molecule has 0 fully saturated rings. The van der Waals surface area contributed by atoms with Gasteiger partial charge in [0.1, 0.15) is 5.82 Å². The summed E-state index contributed by atoms with van der Waals surface area (Å²) in [5, 5.41) is 14.1. The lowest BCUT2D eigenvalue weighted by Gasteiger charge is -2.23. The fourth-order valence-electron chi connectivity index (χ4n) is 1.78. The van der Waals surface area contributed by atoms with Gasteiger partial charge < -0.3 is 20.3 Å². The highest BCUT2D eigenvalue weighted by molar-refractivity contribution is 5.90. The molecule has 0 bridgehead atoms. The van der Waals surface area contributed by atoms with Gasteiger partial charge in [0.25, 0.3) is 0 Å². The SMILES string of the molecule is CC(C)(CO)NC(=O)Nc1cc(-n2cccc2)ccc1F. The molecular formula is C15H18FN3O2. The number of amides is 2. The van der Waals surface area contributed by atoms with E-state index in [1.807, 2.05) is 24.5 Å². The maximum absolute atomic E-state index is 13.8. The van der Waals surface area contributed by atoms with Crippen molar-refractivity contribution in [1.29, 1.82) is 0 Å². The van der Waals surface area contributed by atoms with Gasteiger partial charge in [-0.1, -0.05) is 0 Å². The molecule has 1 aromatic carbocycles. The van der Waals surface area contributed by atoms with Gasteiger partial charge in [0.05, 0.1) is 17.8 Å². The van der Waals surface area contributed by atoms with Crippen molar-refractivity contribution >= 4 is 11.7 Å². The van der Waals surface area contributed by atoms with Gasteiger partial charge in [0.15, 0.2) is 0 Å². The molecule has 0 saturated carbocycles. The Morgan fingerprint density at radius 2 is 2.00 bits per heavy atom. The van der Waals surface area contributed by atoms with E-state index in [0.29, 0.717) is 0 Å². The fraction of sp³-hybridized carbons (Fsp3) is 0.267. The second kappa shape index (κ2) is 5.97. The number of nitrogens with zero attached hydrogens (tertiary/aromatic N) is 1. The summed E-state index contributed by atoms with van der Waals surface area (Å²) < 4.78 is 15.6. The van der Waals surface area contributed by atoms with Gasteiger partial charge in [-0.2, -0.15) is 0 Å². The van der Waals surface area contributed by atoms with Crippen LogP contribution in [0.4, 0.5) is 14.9 Å². The average Bonchev–Trinajstić information content (AvgIpc) is 2.94. The predicted molar refractivity (Wildman–Crippen MR) is 79.0 cm³/mol. The van der Waals surface area contributed by atoms with E-state index < -0.39 is 17.4 Å². The first-order valence-electron chi connectivity index (χ1n) is 6.54. The third-order valence-corrected chi connectivity index (χ3v) is 2.95. The number of carbonyl (C=O) groups excluding carboxylic acids is 1. The summed E-state index contributed by atoms with van der Waals surface area (Å²) in [6.07, 6.45) is 3.65. The molecule has 21 heavy (non-hydrogen) atoms. The molecule has 3 N–H and O–H groups in total. The molecule has 0 radical (unpaired) electrons. The molecule has 0 atom stereocenters. The van der Waals surface area contributed by atoms with E-state index >= 15 is 0 Å². The number of anilines is 1. The van der Waals surface area contributed by atoms with E-state index in [-0.39, 0.29) is 12.3 Å². The molecule has 0 spiro atoms. The van der Waals surface area contributed by atoms with Crippen molar-refractivity contribution in [2.75, 3.05) is 11.9 Å². The van der Waals surface area contributed by atoms with Crippen LogP contribution in [0.25, 0.3) is 5.69 Å². The van der Waals surface area contributed by atoms with Gasteiger partial charge >= 0.3 is 6.03 Å². The third kappa shape index (κ3) is 3.82. The van der Waals surface area contributed by atoms with Gasteiger partial charge in [0, 0.05) is 18.1 Å². The number of halogens is 1. The van der Waals surface area contributed by atoms with E-state index in [4.69, 9.17) is 5.11 Å². The number of carbonyl (C=O) groups is 1. The maximum atomic E-state index is 13.8. The van der Waals surface area contributed by atoms with Crippen LogP contribution in [0.3, 0.4) is 0 Å². The summed E-state index contributed by atoms with van der Waals surface area (Å²) in [6.45, 7) is 3.12. The minimum absolute atomic E-state index is 0.0763. The Morgan fingerprint density at radius 3 is 2.62 bits per heavy atom. The smallest absolute Gasteiger partial charge is 0.319 e. The monoisotopic (exact) mass is 291 g/mol. The first-order valence-corrected chi connectivity index (χ1v) is 6.54. The molecule has 2 amide bonds. The number of benzene rings is 1. The van der Waals surface area contributed by atoms with Crippen LogP contribution in [0.1, 0.15) is 13.8 Å². The summed E-state index contributed by atoms with van der Waals surface area (Å²) in [4.78, 5) is 11.8. The van der Waals surface area contributed by atoms with E-state index in [1.54, 1.807) is 30.5 Å². The van der Waals surface area contributed by atoms with Crippen molar-refractivity contribution in [2.45, 2.75) is 19.4 Å².